The van der Waals surface area contributed by atoms with E-state index in [2.05, 4.69) is 45.9 Å². The first-order valence-electron chi connectivity index (χ1n) is 6.00. The summed E-state index contributed by atoms with van der Waals surface area (Å²) in [4.78, 5) is 1.34. The van der Waals surface area contributed by atoms with Gasteiger partial charge in [0, 0.05) is 16.7 Å². The number of thioether (sulfide) groups is 1. The van der Waals surface area contributed by atoms with Gasteiger partial charge in [0.05, 0.1) is 0 Å². The number of nitrogens with two attached hydrogens (primary N) is 1. The third-order valence-corrected chi connectivity index (χ3v) is 4.43. The Labute approximate surface area is 104 Å². The van der Waals surface area contributed by atoms with Gasteiger partial charge in [0.1, 0.15) is 0 Å². The highest BCUT2D eigenvalue weighted by atomic mass is 32.2. The lowest BCUT2D eigenvalue weighted by molar-refractivity contribution is 0.475. The fraction of sp³-hybridized carbons (Fsp3) is 0.571. The second-order valence-electron chi connectivity index (χ2n) is 4.61. The van der Waals surface area contributed by atoms with Gasteiger partial charge in [-0.3, -0.25) is 0 Å². The summed E-state index contributed by atoms with van der Waals surface area (Å²) >= 11 is 1.87. The molecule has 1 aromatic carbocycles. The van der Waals surface area contributed by atoms with E-state index >= 15 is 0 Å². The molecule has 90 valence electrons. The van der Waals surface area contributed by atoms with Crippen LogP contribution in [0.3, 0.4) is 0 Å². The first-order chi connectivity index (χ1) is 7.54. The first kappa shape index (κ1) is 13.6. The maximum atomic E-state index is 6.12. The number of aryl methyl sites for hydroxylation is 2. The molecule has 0 aliphatic carbocycles. The summed E-state index contributed by atoms with van der Waals surface area (Å²) in [6.07, 6.45) is 1.16. The van der Waals surface area contributed by atoms with Crippen molar-refractivity contribution in [2.75, 3.05) is 5.75 Å². The summed E-state index contributed by atoms with van der Waals surface area (Å²) in [7, 11) is 0. The molecule has 2 atom stereocenters. The SMILES string of the molecule is CCC(C)C(N)CSc1ccc(C)c(C)c1. The lowest BCUT2D eigenvalue weighted by atomic mass is 10.0. The van der Waals surface area contributed by atoms with E-state index in [0.29, 0.717) is 12.0 Å². The molecule has 0 saturated carbocycles. The van der Waals surface area contributed by atoms with Gasteiger partial charge in [0.15, 0.2) is 0 Å². The van der Waals surface area contributed by atoms with Gasteiger partial charge >= 0.3 is 0 Å². The predicted octanol–water partition coefficient (Wildman–Crippen LogP) is 3.77. The maximum absolute atomic E-state index is 6.12. The zero-order valence-electron chi connectivity index (χ0n) is 10.8. The number of hydrogen-bond acceptors (Lipinski definition) is 2. The Hall–Kier alpha value is -0.470. The fourth-order valence-corrected chi connectivity index (χ4v) is 2.60. The van der Waals surface area contributed by atoms with Gasteiger partial charge < -0.3 is 5.73 Å². The largest absolute Gasteiger partial charge is 0.327 e. The van der Waals surface area contributed by atoms with E-state index in [1.165, 1.54) is 16.0 Å². The van der Waals surface area contributed by atoms with E-state index in [4.69, 9.17) is 5.73 Å². The topological polar surface area (TPSA) is 26.0 Å². The fourth-order valence-electron chi connectivity index (χ4n) is 1.46. The molecule has 2 heteroatoms. The summed E-state index contributed by atoms with van der Waals surface area (Å²) < 4.78 is 0. The van der Waals surface area contributed by atoms with E-state index in [0.717, 1.165) is 12.2 Å². The molecule has 2 unspecified atom stereocenters. The summed E-state index contributed by atoms with van der Waals surface area (Å²) in [5, 5.41) is 0. The molecule has 0 aliphatic rings. The average Bonchev–Trinajstić information content (AvgIpc) is 2.29. The van der Waals surface area contributed by atoms with Gasteiger partial charge in [-0.05, 0) is 43.0 Å². The highest BCUT2D eigenvalue weighted by molar-refractivity contribution is 7.99. The number of hydrogen-bond donors (Lipinski definition) is 1. The van der Waals surface area contributed by atoms with Crippen LogP contribution in [0.4, 0.5) is 0 Å². The molecular weight excluding hydrogens is 214 g/mol. The van der Waals surface area contributed by atoms with E-state index in [1.807, 2.05) is 11.8 Å². The second kappa shape index (κ2) is 6.31. The van der Waals surface area contributed by atoms with E-state index in [1.54, 1.807) is 0 Å². The highest BCUT2D eigenvalue weighted by Crippen LogP contribution is 2.23. The summed E-state index contributed by atoms with van der Waals surface area (Å²) in [5.41, 5.74) is 8.84. The molecule has 0 spiro atoms. The van der Waals surface area contributed by atoms with Gasteiger partial charge in [-0.1, -0.05) is 26.3 Å². The van der Waals surface area contributed by atoms with Crippen molar-refractivity contribution in [1.29, 1.82) is 0 Å². The van der Waals surface area contributed by atoms with Crippen LogP contribution in [0.2, 0.25) is 0 Å². The van der Waals surface area contributed by atoms with Crippen LogP contribution in [0, 0.1) is 19.8 Å². The molecule has 0 aliphatic heterocycles. The Bertz CT molecular complexity index is 336. The van der Waals surface area contributed by atoms with Gasteiger partial charge in [0.25, 0.3) is 0 Å². The Morgan fingerprint density at radius 3 is 2.50 bits per heavy atom. The molecule has 0 amide bonds. The number of rotatable bonds is 5. The zero-order valence-corrected chi connectivity index (χ0v) is 11.6. The molecule has 0 aromatic heterocycles. The lowest BCUT2D eigenvalue weighted by Crippen LogP contribution is -2.30. The standard InChI is InChI=1S/C14H23NS/c1-5-10(2)14(15)9-16-13-7-6-11(3)12(4)8-13/h6-8,10,14H,5,9,15H2,1-4H3. The molecule has 0 fully saturated rings. The molecule has 1 nitrogen and oxygen atoms in total. The quantitative estimate of drug-likeness (QED) is 0.789. The smallest absolute Gasteiger partial charge is 0.0159 e. The van der Waals surface area contributed by atoms with E-state index in [-0.39, 0.29) is 0 Å². The van der Waals surface area contributed by atoms with Crippen LogP contribution < -0.4 is 5.73 Å². The first-order valence-corrected chi connectivity index (χ1v) is 6.98. The van der Waals surface area contributed by atoms with Crippen molar-refractivity contribution >= 4 is 11.8 Å². The van der Waals surface area contributed by atoms with Crippen molar-refractivity contribution in [2.45, 2.75) is 45.1 Å². The van der Waals surface area contributed by atoms with Crippen LogP contribution in [0.15, 0.2) is 23.1 Å². The third-order valence-electron chi connectivity index (χ3n) is 3.30. The van der Waals surface area contributed by atoms with Crippen LogP contribution in [0.1, 0.15) is 31.4 Å². The second-order valence-corrected chi connectivity index (χ2v) is 5.70. The van der Waals surface area contributed by atoms with Crippen molar-refractivity contribution in [3.05, 3.63) is 29.3 Å². The Morgan fingerprint density at radius 1 is 1.25 bits per heavy atom. The molecular formula is C14H23NS. The Balaban J connectivity index is 2.51. The predicted molar refractivity (Wildman–Crippen MR) is 74.1 cm³/mol. The van der Waals surface area contributed by atoms with Crippen LogP contribution in [-0.2, 0) is 0 Å². The lowest BCUT2D eigenvalue weighted by Gasteiger charge is -2.17. The van der Waals surface area contributed by atoms with Crippen molar-refractivity contribution in [1.82, 2.24) is 0 Å². The molecule has 1 aromatic rings. The van der Waals surface area contributed by atoms with Gasteiger partial charge in [0.2, 0.25) is 0 Å². The summed E-state index contributed by atoms with van der Waals surface area (Å²) in [5.74, 6) is 1.62. The van der Waals surface area contributed by atoms with Crippen LogP contribution in [-0.4, -0.2) is 11.8 Å². The van der Waals surface area contributed by atoms with Crippen LogP contribution in [0.5, 0.6) is 0 Å². The van der Waals surface area contributed by atoms with Crippen LogP contribution in [0.25, 0.3) is 0 Å². The normalized spacial score (nSPS) is 14.8. The minimum Gasteiger partial charge on any atom is -0.327 e. The summed E-state index contributed by atoms with van der Waals surface area (Å²) in [6.45, 7) is 8.74. The Kier molecular flexibility index (Phi) is 5.36. The monoisotopic (exact) mass is 237 g/mol. The minimum atomic E-state index is 0.302. The van der Waals surface area contributed by atoms with E-state index < -0.39 is 0 Å². The molecule has 0 bridgehead atoms. The molecule has 0 radical (unpaired) electrons. The molecule has 16 heavy (non-hydrogen) atoms. The highest BCUT2D eigenvalue weighted by Gasteiger charge is 2.10. The zero-order chi connectivity index (χ0) is 12.1. The van der Waals surface area contributed by atoms with Gasteiger partial charge in [-0.15, -0.1) is 11.8 Å². The minimum absolute atomic E-state index is 0.302. The van der Waals surface area contributed by atoms with Crippen LogP contribution >= 0.6 is 11.8 Å². The number of benzene rings is 1. The maximum Gasteiger partial charge on any atom is 0.0159 e. The van der Waals surface area contributed by atoms with Gasteiger partial charge in [-0.2, -0.15) is 0 Å². The van der Waals surface area contributed by atoms with Crippen molar-refractivity contribution in [2.24, 2.45) is 11.7 Å². The molecule has 2 N–H and O–H groups in total. The van der Waals surface area contributed by atoms with Crippen molar-refractivity contribution in [3.63, 3.8) is 0 Å². The average molecular weight is 237 g/mol. The molecule has 1 rings (SSSR count). The molecule has 0 heterocycles. The Morgan fingerprint density at radius 2 is 1.94 bits per heavy atom. The third kappa shape index (κ3) is 3.84. The van der Waals surface area contributed by atoms with Crippen molar-refractivity contribution < 1.29 is 0 Å². The molecule has 0 saturated heterocycles. The summed E-state index contributed by atoms with van der Waals surface area (Å²) in [6, 6.07) is 6.93. The van der Waals surface area contributed by atoms with Crippen molar-refractivity contribution in [3.8, 4) is 0 Å². The van der Waals surface area contributed by atoms with Gasteiger partial charge in [-0.25, -0.2) is 0 Å². The van der Waals surface area contributed by atoms with E-state index in [9.17, 15) is 0 Å².